The average Bonchev–Trinajstić information content (AvgIpc) is 3.03. The van der Waals surface area contributed by atoms with Crippen molar-refractivity contribution >= 4 is 34.0 Å². The summed E-state index contributed by atoms with van der Waals surface area (Å²) in [7, 11) is 0. The molecule has 0 aliphatic rings. The maximum Gasteiger partial charge on any atom is 0.226 e. The van der Waals surface area contributed by atoms with Gasteiger partial charge in [-0.15, -0.1) is 11.3 Å². The lowest BCUT2D eigenvalue weighted by atomic mass is 10.1. The van der Waals surface area contributed by atoms with E-state index in [1.165, 1.54) is 43.4 Å². The number of amides is 1. The van der Waals surface area contributed by atoms with E-state index in [4.69, 9.17) is 11.6 Å². The van der Waals surface area contributed by atoms with Crippen molar-refractivity contribution in [1.29, 1.82) is 0 Å². The minimum Gasteiger partial charge on any atom is -0.302 e. The summed E-state index contributed by atoms with van der Waals surface area (Å²) in [4.78, 5) is 16.4. The second-order valence-corrected chi connectivity index (χ2v) is 7.26. The number of unbranched alkanes of at least 4 members (excludes halogenated alkanes) is 6. The largest absolute Gasteiger partial charge is 0.302 e. The molecule has 0 saturated carbocycles. The third kappa shape index (κ3) is 6.62. The lowest BCUT2D eigenvalue weighted by molar-refractivity contribution is -0.116. The Kier molecular flexibility index (Phi) is 8.26. The first-order valence-electron chi connectivity index (χ1n) is 8.70. The standard InChI is InChI=1S/C19H25ClN2OS/c1-2-3-4-5-6-7-8-9-18(23)22-19-21-17(14-24-19)15-10-12-16(20)13-11-15/h10-14H,2-9H2,1H3,(H,21,22,23). The van der Waals surface area contributed by atoms with Crippen molar-refractivity contribution in [1.82, 2.24) is 4.98 Å². The normalized spacial score (nSPS) is 10.8. The van der Waals surface area contributed by atoms with E-state index in [1.807, 2.05) is 29.6 Å². The Morgan fingerprint density at radius 1 is 1.08 bits per heavy atom. The van der Waals surface area contributed by atoms with Gasteiger partial charge >= 0.3 is 0 Å². The summed E-state index contributed by atoms with van der Waals surface area (Å²) in [5.41, 5.74) is 1.87. The van der Waals surface area contributed by atoms with Crippen molar-refractivity contribution in [2.24, 2.45) is 0 Å². The molecule has 5 heteroatoms. The molecule has 0 saturated heterocycles. The third-order valence-corrected chi connectivity index (χ3v) is 4.91. The zero-order valence-corrected chi connectivity index (χ0v) is 15.8. The molecule has 3 nitrogen and oxygen atoms in total. The van der Waals surface area contributed by atoms with E-state index in [0.29, 0.717) is 16.6 Å². The zero-order chi connectivity index (χ0) is 17.2. The number of thiazole rings is 1. The van der Waals surface area contributed by atoms with E-state index >= 15 is 0 Å². The predicted octanol–water partition coefficient (Wildman–Crippen LogP) is 6.54. The molecule has 1 aromatic carbocycles. The summed E-state index contributed by atoms with van der Waals surface area (Å²) in [5.74, 6) is 0.0561. The second-order valence-electron chi connectivity index (χ2n) is 5.96. The van der Waals surface area contributed by atoms with Gasteiger partial charge in [-0.05, 0) is 18.6 Å². The minimum atomic E-state index is 0.0561. The van der Waals surface area contributed by atoms with Gasteiger partial charge in [-0.25, -0.2) is 4.98 Å². The Balaban J connectivity index is 1.70. The van der Waals surface area contributed by atoms with Crippen molar-refractivity contribution in [3.8, 4) is 11.3 Å². The van der Waals surface area contributed by atoms with Crippen molar-refractivity contribution in [3.63, 3.8) is 0 Å². The Morgan fingerprint density at radius 3 is 2.46 bits per heavy atom. The van der Waals surface area contributed by atoms with Crippen LogP contribution in [0.3, 0.4) is 0 Å². The second kappa shape index (κ2) is 10.5. The molecule has 1 amide bonds. The summed E-state index contributed by atoms with van der Waals surface area (Å²) >= 11 is 7.35. The smallest absolute Gasteiger partial charge is 0.226 e. The van der Waals surface area contributed by atoms with Crippen LogP contribution in [0.5, 0.6) is 0 Å². The molecule has 0 radical (unpaired) electrons. The van der Waals surface area contributed by atoms with Crippen LogP contribution in [0.4, 0.5) is 5.13 Å². The fourth-order valence-electron chi connectivity index (χ4n) is 2.51. The molecule has 0 aliphatic carbocycles. The molecule has 0 fully saturated rings. The Labute approximate surface area is 153 Å². The lowest BCUT2D eigenvalue weighted by Crippen LogP contribution is -2.10. The van der Waals surface area contributed by atoms with E-state index in [2.05, 4.69) is 17.2 Å². The average molecular weight is 365 g/mol. The summed E-state index contributed by atoms with van der Waals surface area (Å²) in [5, 5.41) is 6.21. The Bertz CT molecular complexity index is 625. The van der Waals surface area contributed by atoms with E-state index in [1.54, 1.807) is 0 Å². The zero-order valence-electron chi connectivity index (χ0n) is 14.2. The minimum absolute atomic E-state index is 0.0561. The molecule has 2 aromatic rings. The van der Waals surface area contributed by atoms with E-state index in [9.17, 15) is 4.79 Å². The van der Waals surface area contributed by atoms with Gasteiger partial charge in [0.15, 0.2) is 5.13 Å². The molecule has 130 valence electrons. The monoisotopic (exact) mass is 364 g/mol. The van der Waals surface area contributed by atoms with Gasteiger partial charge in [0.1, 0.15) is 0 Å². The number of aromatic nitrogens is 1. The van der Waals surface area contributed by atoms with Crippen molar-refractivity contribution in [2.75, 3.05) is 5.32 Å². The SMILES string of the molecule is CCCCCCCCCC(=O)Nc1nc(-c2ccc(Cl)cc2)cs1. The summed E-state index contributed by atoms with van der Waals surface area (Å²) in [6.45, 7) is 2.22. The number of hydrogen-bond donors (Lipinski definition) is 1. The number of benzene rings is 1. The molecule has 1 aromatic heterocycles. The number of hydrogen-bond acceptors (Lipinski definition) is 3. The number of carbonyl (C=O) groups excluding carboxylic acids is 1. The maximum absolute atomic E-state index is 12.0. The summed E-state index contributed by atoms with van der Waals surface area (Å²) < 4.78 is 0. The third-order valence-electron chi connectivity index (χ3n) is 3.90. The van der Waals surface area contributed by atoms with Gasteiger partial charge in [-0.1, -0.05) is 69.2 Å². The van der Waals surface area contributed by atoms with Gasteiger partial charge in [0.2, 0.25) is 5.91 Å². The first-order chi connectivity index (χ1) is 11.7. The van der Waals surface area contributed by atoms with Crippen LogP contribution in [-0.4, -0.2) is 10.9 Å². The van der Waals surface area contributed by atoms with Crippen LogP contribution in [-0.2, 0) is 4.79 Å². The number of rotatable bonds is 10. The molecule has 0 aliphatic heterocycles. The topological polar surface area (TPSA) is 42.0 Å². The lowest BCUT2D eigenvalue weighted by Gasteiger charge is -2.02. The van der Waals surface area contributed by atoms with Crippen molar-refractivity contribution in [2.45, 2.75) is 58.3 Å². The number of nitrogens with zero attached hydrogens (tertiary/aromatic N) is 1. The fraction of sp³-hybridized carbons (Fsp3) is 0.474. The van der Waals surface area contributed by atoms with Crippen molar-refractivity contribution in [3.05, 3.63) is 34.7 Å². The van der Waals surface area contributed by atoms with Gasteiger partial charge in [0.05, 0.1) is 5.69 Å². The molecule has 1 N–H and O–H groups in total. The van der Waals surface area contributed by atoms with E-state index in [-0.39, 0.29) is 5.91 Å². The number of carbonyl (C=O) groups is 1. The Morgan fingerprint density at radius 2 is 1.75 bits per heavy atom. The maximum atomic E-state index is 12.0. The van der Waals surface area contributed by atoms with Crippen LogP contribution in [0.2, 0.25) is 5.02 Å². The molecule has 0 atom stereocenters. The molecule has 0 unspecified atom stereocenters. The highest BCUT2D eigenvalue weighted by atomic mass is 35.5. The van der Waals surface area contributed by atoms with Gasteiger partial charge in [-0.2, -0.15) is 0 Å². The van der Waals surface area contributed by atoms with Crippen LogP contribution < -0.4 is 5.32 Å². The van der Waals surface area contributed by atoms with Gasteiger partial charge < -0.3 is 5.32 Å². The number of halogens is 1. The highest BCUT2D eigenvalue weighted by Crippen LogP contribution is 2.26. The molecular formula is C19H25ClN2OS. The van der Waals surface area contributed by atoms with Crippen LogP contribution in [0.1, 0.15) is 58.3 Å². The number of nitrogens with one attached hydrogen (secondary N) is 1. The quantitative estimate of drug-likeness (QED) is 0.486. The van der Waals surface area contributed by atoms with Crippen LogP contribution in [0.25, 0.3) is 11.3 Å². The molecule has 0 bridgehead atoms. The first kappa shape index (κ1) is 18.9. The molecular weight excluding hydrogens is 340 g/mol. The van der Waals surface area contributed by atoms with Crippen LogP contribution >= 0.6 is 22.9 Å². The molecule has 24 heavy (non-hydrogen) atoms. The van der Waals surface area contributed by atoms with E-state index < -0.39 is 0 Å². The van der Waals surface area contributed by atoms with Gasteiger partial charge in [0.25, 0.3) is 0 Å². The Hall–Kier alpha value is -1.39. The summed E-state index contributed by atoms with van der Waals surface area (Å²) in [6.07, 6.45) is 9.07. The molecule has 0 spiro atoms. The predicted molar refractivity (Wildman–Crippen MR) is 104 cm³/mol. The summed E-state index contributed by atoms with van der Waals surface area (Å²) in [6, 6.07) is 7.55. The highest BCUT2D eigenvalue weighted by molar-refractivity contribution is 7.14. The molecule has 2 rings (SSSR count). The van der Waals surface area contributed by atoms with Crippen LogP contribution in [0, 0.1) is 0 Å². The fourth-order valence-corrected chi connectivity index (χ4v) is 3.37. The number of anilines is 1. The van der Waals surface area contributed by atoms with Crippen LogP contribution in [0.15, 0.2) is 29.6 Å². The van der Waals surface area contributed by atoms with E-state index in [0.717, 1.165) is 24.1 Å². The first-order valence-corrected chi connectivity index (χ1v) is 9.96. The molecule has 1 heterocycles. The highest BCUT2D eigenvalue weighted by Gasteiger charge is 2.08. The van der Waals surface area contributed by atoms with Gasteiger partial charge in [0, 0.05) is 22.4 Å². The van der Waals surface area contributed by atoms with Crippen molar-refractivity contribution < 1.29 is 4.79 Å². The van der Waals surface area contributed by atoms with Gasteiger partial charge in [-0.3, -0.25) is 4.79 Å².